The van der Waals surface area contributed by atoms with Gasteiger partial charge in [0.05, 0.1) is 11.4 Å². The molecule has 3 aromatic rings. The van der Waals surface area contributed by atoms with Gasteiger partial charge in [-0.05, 0) is 48.2 Å². The molecule has 2 saturated heterocycles. The summed E-state index contributed by atoms with van der Waals surface area (Å²) in [6, 6.07) is 21.8. The quantitative estimate of drug-likeness (QED) is 0.434. The maximum absolute atomic E-state index is 13.1. The number of hydrogen-bond donors (Lipinski definition) is 1. The van der Waals surface area contributed by atoms with Gasteiger partial charge in [0.15, 0.2) is 0 Å². The van der Waals surface area contributed by atoms with E-state index >= 15 is 0 Å². The molecule has 3 aliphatic heterocycles. The molecule has 1 unspecified atom stereocenters. The molecule has 42 heavy (non-hydrogen) atoms. The number of benzene rings is 3. The SMILES string of the molecule is C=C1CCC(N2Cc3c(OCc4ccc(CN5CCN(S(=O)(=O)c6ccccc6)CC5)cc4)cccc3C2=O)C(=O)N1. The molecule has 9 nitrogen and oxygen atoms in total. The fourth-order valence-electron chi connectivity index (χ4n) is 5.80. The predicted octanol–water partition coefficient (Wildman–Crippen LogP) is 3.52. The van der Waals surface area contributed by atoms with Gasteiger partial charge < -0.3 is 15.0 Å². The van der Waals surface area contributed by atoms with Gasteiger partial charge in [0.25, 0.3) is 5.91 Å². The van der Waals surface area contributed by atoms with Crippen molar-refractivity contribution in [3.05, 3.63) is 107 Å². The summed E-state index contributed by atoms with van der Waals surface area (Å²) in [7, 11) is -3.46. The number of carbonyl (C=O) groups excluding carboxylic acids is 2. The van der Waals surface area contributed by atoms with Crippen LogP contribution in [0.1, 0.15) is 39.9 Å². The zero-order chi connectivity index (χ0) is 29.3. The Morgan fingerprint density at radius 3 is 2.31 bits per heavy atom. The second kappa shape index (κ2) is 11.7. The first-order chi connectivity index (χ1) is 20.3. The summed E-state index contributed by atoms with van der Waals surface area (Å²) < 4.78 is 33.5. The highest BCUT2D eigenvalue weighted by atomic mass is 32.2. The molecular formula is C32H34N4O5S. The molecule has 10 heteroatoms. The molecule has 3 heterocycles. The number of carbonyl (C=O) groups is 2. The number of piperazine rings is 1. The molecule has 3 aromatic carbocycles. The number of sulfonamides is 1. The summed E-state index contributed by atoms with van der Waals surface area (Å²) in [5.74, 6) is 0.316. The Labute approximate surface area is 246 Å². The fraction of sp³-hybridized carbons (Fsp3) is 0.312. The van der Waals surface area contributed by atoms with E-state index in [1.165, 1.54) is 0 Å². The maximum Gasteiger partial charge on any atom is 0.255 e. The molecular weight excluding hydrogens is 552 g/mol. The third-order valence-electron chi connectivity index (χ3n) is 8.19. The molecule has 2 amide bonds. The summed E-state index contributed by atoms with van der Waals surface area (Å²) in [6.45, 7) is 7.53. The van der Waals surface area contributed by atoms with E-state index in [2.05, 4.69) is 28.9 Å². The van der Waals surface area contributed by atoms with Crippen LogP contribution in [0.25, 0.3) is 0 Å². The van der Waals surface area contributed by atoms with Crippen LogP contribution in [0, 0.1) is 0 Å². The monoisotopic (exact) mass is 586 g/mol. The normalized spacial score (nSPS) is 20.0. The first-order valence-corrected chi connectivity index (χ1v) is 15.6. The van der Waals surface area contributed by atoms with Crippen molar-refractivity contribution >= 4 is 21.8 Å². The van der Waals surface area contributed by atoms with Crippen molar-refractivity contribution in [1.29, 1.82) is 0 Å². The van der Waals surface area contributed by atoms with Crippen LogP contribution in [-0.4, -0.2) is 66.6 Å². The number of hydrogen-bond acceptors (Lipinski definition) is 6. The van der Waals surface area contributed by atoms with E-state index in [0.29, 0.717) is 74.1 Å². The molecule has 2 fully saturated rings. The molecule has 1 N–H and O–H groups in total. The Morgan fingerprint density at radius 2 is 1.60 bits per heavy atom. The van der Waals surface area contributed by atoms with Crippen molar-refractivity contribution in [2.24, 2.45) is 0 Å². The molecule has 0 aromatic heterocycles. The van der Waals surface area contributed by atoms with Crippen LogP contribution in [0.3, 0.4) is 0 Å². The smallest absolute Gasteiger partial charge is 0.255 e. The van der Waals surface area contributed by atoms with Gasteiger partial charge in [-0.3, -0.25) is 14.5 Å². The first kappa shape index (κ1) is 28.1. The van der Waals surface area contributed by atoms with Crippen LogP contribution in [0.15, 0.2) is 90.0 Å². The Morgan fingerprint density at radius 1 is 0.881 bits per heavy atom. The van der Waals surface area contributed by atoms with E-state index in [1.807, 2.05) is 30.3 Å². The van der Waals surface area contributed by atoms with E-state index in [-0.39, 0.29) is 11.8 Å². The van der Waals surface area contributed by atoms with Crippen LogP contribution in [-0.2, 0) is 34.5 Å². The molecule has 0 radical (unpaired) electrons. The zero-order valence-corrected chi connectivity index (χ0v) is 24.2. The number of nitrogens with one attached hydrogen (secondary N) is 1. The van der Waals surface area contributed by atoms with Gasteiger partial charge in [-0.1, -0.05) is 55.1 Å². The Balaban J connectivity index is 1.03. The minimum absolute atomic E-state index is 0.147. The third kappa shape index (κ3) is 5.70. The fourth-order valence-corrected chi connectivity index (χ4v) is 7.25. The molecule has 0 bridgehead atoms. The van der Waals surface area contributed by atoms with Gasteiger partial charge in [0, 0.05) is 49.5 Å². The van der Waals surface area contributed by atoms with Gasteiger partial charge in [0.1, 0.15) is 18.4 Å². The molecule has 0 saturated carbocycles. The van der Waals surface area contributed by atoms with Gasteiger partial charge in [-0.15, -0.1) is 0 Å². The average Bonchev–Trinajstić information content (AvgIpc) is 3.34. The second-order valence-corrected chi connectivity index (χ2v) is 12.9. The molecule has 0 aliphatic carbocycles. The van der Waals surface area contributed by atoms with E-state index in [4.69, 9.17) is 4.74 Å². The van der Waals surface area contributed by atoms with Crippen molar-refractivity contribution < 1.29 is 22.7 Å². The standard InChI is InChI=1S/C32H34N4O5S/c1-23-10-15-29(31(37)33-23)36-21-28-27(32(36)38)8-5-9-30(28)41-22-25-13-11-24(12-14-25)20-34-16-18-35(19-17-34)42(39,40)26-6-3-2-4-7-26/h2-9,11-14,29H,1,10,15-22H2,(H,33,37). The molecule has 3 aliphatic rings. The summed E-state index contributed by atoms with van der Waals surface area (Å²) in [5, 5.41) is 2.77. The second-order valence-electron chi connectivity index (χ2n) is 11.0. The lowest BCUT2D eigenvalue weighted by atomic mass is 10.0. The molecule has 1 atom stereocenters. The van der Waals surface area contributed by atoms with E-state index < -0.39 is 16.1 Å². The van der Waals surface area contributed by atoms with Gasteiger partial charge in [-0.2, -0.15) is 4.31 Å². The molecule has 6 rings (SSSR count). The first-order valence-electron chi connectivity index (χ1n) is 14.2. The van der Waals surface area contributed by atoms with Crippen molar-refractivity contribution in [3.8, 4) is 5.75 Å². The van der Waals surface area contributed by atoms with Crippen molar-refractivity contribution in [3.63, 3.8) is 0 Å². The molecule has 0 spiro atoms. The summed E-state index contributed by atoms with van der Waals surface area (Å²) >= 11 is 0. The number of piperidine rings is 1. The van der Waals surface area contributed by atoms with Crippen LogP contribution >= 0.6 is 0 Å². The van der Waals surface area contributed by atoms with Gasteiger partial charge >= 0.3 is 0 Å². The highest BCUT2D eigenvalue weighted by Gasteiger charge is 2.39. The van der Waals surface area contributed by atoms with E-state index in [9.17, 15) is 18.0 Å². The van der Waals surface area contributed by atoms with E-state index in [0.717, 1.165) is 23.2 Å². The van der Waals surface area contributed by atoms with Crippen LogP contribution in [0.5, 0.6) is 5.75 Å². The highest BCUT2D eigenvalue weighted by Crippen LogP contribution is 2.34. The summed E-state index contributed by atoms with van der Waals surface area (Å²) in [5.41, 5.74) is 4.23. The average molecular weight is 587 g/mol. The van der Waals surface area contributed by atoms with Crippen LogP contribution in [0.2, 0.25) is 0 Å². The van der Waals surface area contributed by atoms with Crippen molar-refractivity contribution in [2.75, 3.05) is 26.2 Å². The lowest BCUT2D eigenvalue weighted by Gasteiger charge is -2.34. The Kier molecular flexibility index (Phi) is 7.85. The Bertz CT molecular complexity index is 1600. The number of nitrogens with zero attached hydrogens (tertiary/aromatic N) is 3. The summed E-state index contributed by atoms with van der Waals surface area (Å²) in [4.78, 5) is 29.9. The number of allylic oxidation sites excluding steroid dienone is 1. The topological polar surface area (TPSA) is 99.3 Å². The minimum atomic E-state index is -3.46. The lowest BCUT2D eigenvalue weighted by molar-refractivity contribution is -0.126. The summed E-state index contributed by atoms with van der Waals surface area (Å²) in [6.07, 6.45) is 1.22. The zero-order valence-electron chi connectivity index (χ0n) is 23.4. The lowest BCUT2D eigenvalue weighted by Crippen LogP contribution is -2.49. The molecule has 218 valence electrons. The Hall–Kier alpha value is -3.99. The minimum Gasteiger partial charge on any atom is -0.489 e. The number of amides is 2. The van der Waals surface area contributed by atoms with Crippen molar-refractivity contribution in [2.45, 2.75) is 43.5 Å². The largest absolute Gasteiger partial charge is 0.489 e. The van der Waals surface area contributed by atoms with Gasteiger partial charge in [-0.25, -0.2) is 8.42 Å². The van der Waals surface area contributed by atoms with Gasteiger partial charge in [0.2, 0.25) is 15.9 Å². The predicted molar refractivity (Wildman–Crippen MR) is 158 cm³/mol. The maximum atomic E-state index is 13.1. The van der Waals surface area contributed by atoms with E-state index in [1.54, 1.807) is 39.5 Å². The number of ether oxygens (including phenoxy) is 1. The highest BCUT2D eigenvalue weighted by molar-refractivity contribution is 7.89. The number of rotatable bonds is 8. The van der Waals surface area contributed by atoms with Crippen LogP contribution in [0.4, 0.5) is 0 Å². The third-order valence-corrected chi connectivity index (χ3v) is 10.1. The van der Waals surface area contributed by atoms with Crippen LogP contribution < -0.4 is 10.1 Å². The number of fused-ring (bicyclic) bond motifs is 1. The van der Waals surface area contributed by atoms with Crippen molar-refractivity contribution in [1.82, 2.24) is 19.4 Å².